The first kappa shape index (κ1) is 17.0. The third-order valence-corrected chi connectivity index (χ3v) is 6.32. The molecule has 0 atom stereocenters. The van der Waals surface area contributed by atoms with Crippen molar-refractivity contribution >= 4 is 41.3 Å². The fourth-order valence-corrected chi connectivity index (χ4v) is 5.20. The number of benzene rings is 2. The van der Waals surface area contributed by atoms with Gasteiger partial charge in [0.1, 0.15) is 5.75 Å². The zero-order valence-electron chi connectivity index (χ0n) is 13.7. The van der Waals surface area contributed by atoms with Gasteiger partial charge in [-0.25, -0.2) is 4.79 Å². The second kappa shape index (κ2) is 6.57. The summed E-state index contributed by atoms with van der Waals surface area (Å²) in [6.07, 6.45) is 0.787. The Morgan fingerprint density at radius 2 is 1.75 bits per heavy atom. The summed E-state index contributed by atoms with van der Waals surface area (Å²) in [5, 5.41) is 8.61. The zero-order chi connectivity index (χ0) is 17.3. The van der Waals surface area contributed by atoms with Crippen LogP contribution >= 0.6 is 23.5 Å². The second-order valence-electron chi connectivity index (χ2n) is 6.03. The maximum Gasteiger partial charge on any atom is 0.511 e. The number of carbonyl (C=O) groups is 1. The van der Waals surface area contributed by atoms with Gasteiger partial charge in [-0.3, -0.25) is 0 Å². The quantitative estimate of drug-likeness (QED) is 0.400. The van der Waals surface area contributed by atoms with Crippen LogP contribution in [0.3, 0.4) is 0 Å². The van der Waals surface area contributed by atoms with Gasteiger partial charge >= 0.3 is 6.16 Å². The lowest BCUT2D eigenvalue weighted by molar-refractivity contribution is 0.144. The van der Waals surface area contributed by atoms with E-state index in [1.165, 1.54) is 20.9 Å². The molecule has 0 bridgehead atoms. The minimum Gasteiger partial charge on any atom is -0.449 e. The van der Waals surface area contributed by atoms with E-state index >= 15 is 0 Å². The van der Waals surface area contributed by atoms with E-state index in [1.54, 1.807) is 12.1 Å². The molecule has 1 heterocycles. The molecule has 3 rings (SSSR count). The van der Waals surface area contributed by atoms with Crippen molar-refractivity contribution in [1.29, 1.82) is 0 Å². The Balaban J connectivity index is 1.80. The molecule has 0 saturated heterocycles. The largest absolute Gasteiger partial charge is 0.511 e. The average molecular weight is 358 g/mol. The van der Waals surface area contributed by atoms with E-state index in [0.717, 1.165) is 5.56 Å². The first-order chi connectivity index (χ1) is 11.3. The van der Waals surface area contributed by atoms with Crippen molar-refractivity contribution in [1.82, 2.24) is 0 Å². The van der Waals surface area contributed by atoms with Crippen LogP contribution in [0.5, 0.6) is 5.75 Å². The molecule has 5 heteroatoms. The van der Waals surface area contributed by atoms with Crippen LogP contribution < -0.4 is 4.74 Å². The van der Waals surface area contributed by atoms with E-state index in [0.29, 0.717) is 5.75 Å². The minimum atomic E-state index is -1.30. The number of thioether (sulfide) groups is 2. The van der Waals surface area contributed by atoms with Gasteiger partial charge in [0, 0.05) is 9.79 Å². The van der Waals surface area contributed by atoms with Crippen molar-refractivity contribution < 1.29 is 14.6 Å². The van der Waals surface area contributed by atoms with Gasteiger partial charge in [-0.15, -0.1) is 23.5 Å². The first-order valence-electron chi connectivity index (χ1n) is 7.54. The number of allylic oxidation sites excluding steroid dienone is 1. The summed E-state index contributed by atoms with van der Waals surface area (Å²) < 4.78 is 4.81. The summed E-state index contributed by atoms with van der Waals surface area (Å²) >= 11 is 3.81. The lowest BCUT2D eigenvalue weighted by Crippen LogP contribution is -2.02. The molecular formula is C19H18O3S2. The number of rotatable bonds is 3. The molecule has 24 heavy (non-hydrogen) atoms. The number of ether oxygens (including phenoxy) is 1. The Hall–Kier alpha value is -1.85. The van der Waals surface area contributed by atoms with Gasteiger partial charge in [-0.2, -0.15) is 0 Å². The fraction of sp³-hybridized carbons (Fsp3) is 0.211. The van der Waals surface area contributed by atoms with E-state index in [1.807, 2.05) is 35.7 Å². The molecule has 124 valence electrons. The molecule has 3 nitrogen and oxygen atoms in total. The highest BCUT2D eigenvalue weighted by molar-refractivity contribution is 8.20. The Kier molecular flexibility index (Phi) is 4.65. The molecule has 0 saturated carbocycles. The van der Waals surface area contributed by atoms with Crippen LogP contribution in [0, 0.1) is 0 Å². The van der Waals surface area contributed by atoms with Crippen LogP contribution in [0.1, 0.15) is 31.9 Å². The lowest BCUT2D eigenvalue weighted by atomic mass is 10.0. The Bertz CT molecular complexity index is 808. The van der Waals surface area contributed by atoms with E-state index in [2.05, 4.69) is 49.8 Å². The standard InChI is InChI=1S/C19H18O3S2/c1-12(10-13-4-7-15(8-5-13)22-18(20)21)14-6-9-16-17(11-14)24-19(2,3)23-16/h4-11H,1-3H3,(H,20,21)/b12-10+. The topological polar surface area (TPSA) is 46.5 Å². The van der Waals surface area contributed by atoms with Crippen molar-refractivity contribution in [3.05, 3.63) is 53.6 Å². The van der Waals surface area contributed by atoms with Gasteiger partial charge in [-0.1, -0.05) is 24.3 Å². The van der Waals surface area contributed by atoms with Crippen LogP contribution in [0.2, 0.25) is 0 Å². The summed E-state index contributed by atoms with van der Waals surface area (Å²) in [5.74, 6) is 0.325. The third-order valence-electron chi connectivity index (χ3n) is 3.58. The molecule has 1 N–H and O–H groups in total. The van der Waals surface area contributed by atoms with Crippen LogP contribution in [-0.2, 0) is 0 Å². The summed E-state index contributed by atoms with van der Waals surface area (Å²) in [6.45, 7) is 6.57. The number of hydrogen-bond acceptors (Lipinski definition) is 4. The third kappa shape index (κ3) is 3.97. The van der Waals surface area contributed by atoms with Crippen LogP contribution in [0.15, 0.2) is 52.3 Å². The molecule has 0 spiro atoms. The van der Waals surface area contributed by atoms with E-state index in [4.69, 9.17) is 5.11 Å². The highest BCUT2D eigenvalue weighted by atomic mass is 32.2. The van der Waals surface area contributed by atoms with E-state index in [9.17, 15) is 4.79 Å². The van der Waals surface area contributed by atoms with E-state index in [-0.39, 0.29) is 4.08 Å². The van der Waals surface area contributed by atoms with Crippen molar-refractivity contribution in [2.45, 2.75) is 34.6 Å². The molecule has 0 amide bonds. The Morgan fingerprint density at radius 1 is 1.08 bits per heavy atom. The second-order valence-corrected chi connectivity index (χ2v) is 9.62. The molecule has 0 unspecified atom stereocenters. The Labute approximate surface area is 150 Å². The monoisotopic (exact) mass is 358 g/mol. The SMILES string of the molecule is C/C(=C\c1ccc(OC(=O)O)cc1)c1ccc2c(c1)SC(C)(C)S2. The van der Waals surface area contributed by atoms with Crippen molar-refractivity contribution in [2.24, 2.45) is 0 Å². The molecular weight excluding hydrogens is 340 g/mol. The predicted octanol–water partition coefficient (Wildman–Crippen LogP) is 6.24. The predicted molar refractivity (Wildman–Crippen MR) is 101 cm³/mol. The molecule has 2 aromatic carbocycles. The summed E-state index contributed by atoms with van der Waals surface area (Å²) in [5.41, 5.74) is 3.37. The summed E-state index contributed by atoms with van der Waals surface area (Å²) in [6, 6.07) is 13.6. The maximum absolute atomic E-state index is 10.5. The number of hydrogen-bond donors (Lipinski definition) is 1. The van der Waals surface area contributed by atoms with Crippen LogP contribution in [0.4, 0.5) is 4.79 Å². The van der Waals surface area contributed by atoms with Gasteiger partial charge in [0.15, 0.2) is 0 Å². The Morgan fingerprint density at radius 3 is 2.42 bits per heavy atom. The fourth-order valence-electron chi connectivity index (χ4n) is 2.53. The maximum atomic E-state index is 10.5. The normalized spacial score (nSPS) is 15.9. The summed E-state index contributed by atoms with van der Waals surface area (Å²) in [4.78, 5) is 13.2. The molecule has 1 aliphatic rings. The molecule has 0 aromatic heterocycles. The zero-order valence-corrected chi connectivity index (χ0v) is 15.3. The van der Waals surface area contributed by atoms with E-state index < -0.39 is 6.16 Å². The molecule has 0 aliphatic carbocycles. The first-order valence-corrected chi connectivity index (χ1v) is 9.17. The van der Waals surface area contributed by atoms with Gasteiger partial charge < -0.3 is 9.84 Å². The highest BCUT2D eigenvalue weighted by Gasteiger charge is 2.30. The molecule has 0 fully saturated rings. The van der Waals surface area contributed by atoms with Gasteiger partial charge in [0.2, 0.25) is 0 Å². The van der Waals surface area contributed by atoms with Gasteiger partial charge in [0.25, 0.3) is 0 Å². The molecule has 1 aliphatic heterocycles. The minimum absolute atomic E-state index is 0.193. The number of fused-ring (bicyclic) bond motifs is 1. The molecule has 2 aromatic rings. The number of carboxylic acid groups (broad SMARTS) is 1. The van der Waals surface area contributed by atoms with Crippen LogP contribution in [-0.4, -0.2) is 15.3 Å². The van der Waals surface area contributed by atoms with Gasteiger partial charge in [-0.05, 0) is 61.7 Å². The average Bonchev–Trinajstić information content (AvgIpc) is 2.81. The smallest absolute Gasteiger partial charge is 0.449 e. The van der Waals surface area contributed by atoms with Gasteiger partial charge in [0.05, 0.1) is 4.08 Å². The van der Waals surface area contributed by atoms with Crippen LogP contribution in [0.25, 0.3) is 11.6 Å². The summed E-state index contributed by atoms with van der Waals surface area (Å²) in [7, 11) is 0. The molecule has 0 radical (unpaired) electrons. The van der Waals surface area contributed by atoms with Crippen molar-refractivity contribution in [3.63, 3.8) is 0 Å². The van der Waals surface area contributed by atoms with Crippen molar-refractivity contribution in [3.8, 4) is 5.75 Å². The lowest BCUT2D eigenvalue weighted by Gasteiger charge is -2.12. The highest BCUT2D eigenvalue weighted by Crippen LogP contribution is 2.55. The van der Waals surface area contributed by atoms with Crippen molar-refractivity contribution in [2.75, 3.05) is 0 Å².